The molecular formula is C22H36N2O17. The summed E-state index contributed by atoms with van der Waals surface area (Å²) in [6.07, 6.45) is -19.2. The minimum absolute atomic E-state index is 0.771. The first-order chi connectivity index (χ1) is 18.9. The van der Waals surface area contributed by atoms with Crippen molar-refractivity contribution in [3.8, 4) is 0 Å². The van der Waals surface area contributed by atoms with Crippen LogP contribution in [0.15, 0.2) is 0 Å². The molecule has 2 unspecified atom stereocenters. The van der Waals surface area contributed by atoms with Gasteiger partial charge in [0.05, 0.1) is 37.5 Å². The molecule has 12 N–H and O–H groups in total. The van der Waals surface area contributed by atoms with Crippen molar-refractivity contribution in [2.24, 2.45) is 0 Å². The van der Waals surface area contributed by atoms with Crippen LogP contribution in [0.25, 0.3) is 0 Å². The molecular weight excluding hydrogens is 564 g/mol. The molecule has 0 aromatic carbocycles. The standard InChI is InChI=1S/C22H36N2O17/c1-7(27)23-14(9(29)3-10(30)20(36)37)18(35)17(34)13(6-26)40-22(21(38)39)4-11(31)15(24-8(2)28)19(41-22)16(33)12(32)5-25/h9,11-19,25-26,29,31-35H,3-6H2,1-2H3,(H,23,27)(H,24,28)(H,36,37)(H,38,39)/t9-,11-,12+,13+,14+,15+,16+,17+,18+,19?,22?/m0/s1. The number of carboxylic acid groups (broad SMARTS) is 2. The molecule has 19 nitrogen and oxygen atoms in total. The fraction of sp³-hybridized carbons (Fsp3) is 0.773. The topological polar surface area (TPSA) is 330 Å². The third kappa shape index (κ3) is 9.33. The Morgan fingerprint density at radius 3 is 1.95 bits per heavy atom. The molecule has 1 fully saturated rings. The Balaban J connectivity index is 3.40. The number of Topliss-reactive ketones (excluding diaryl/α,β-unsaturated/α-hetero) is 1. The summed E-state index contributed by atoms with van der Waals surface area (Å²) in [7, 11) is 0. The molecule has 2 amide bonds. The van der Waals surface area contributed by atoms with Gasteiger partial charge in [-0.3, -0.25) is 14.4 Å². The van der Waals surface area contributed by atoms with Crippen molar-refractivity contribution in [3.05, 3.63) is 0 Å². The van der Waals surface area contributed by atoms with E-state index in [0.717, 1.165) is 13.8 Å². The van der Waals surface area contributed by atoms with Crippen molar-refractivity contribution in [3.63, 3.8) is 0 Å². The minimum atomic E-state index is -3.05. The average molecular weight is 601 g/mol. The molecule has 11 atom stereocenters. The molecule has 0 radical (unpaired) electrons. The summed E-state index contributed by atoms with van der Waals surface area (Å²) in [6, 6.07) is -3.52. The predicted octanol–water partition coefficient (Wildman–Crippen LogP) is -6.86. The maximum atomic E-state index is 12.3. The maximum absolute atomic E-state index is 12.3. The first-order valence-corrected chi connectivity index (χ1v) is 12.1. The molecule has 0 spiro atoms. The Kier molecular flexibility index (Phi) is 13.6. The fourth-order valence-electron chi connectivity index (χ4n) is 4.19. The Bertz CT molecular complexity index is 949. The molecule has 0 bridgehead atoms. The van der Waals surface area contributed by atoms with Gasteiger partial charge in [-0.15, -0.1) is 0 Å². The van der Waals surface area contributed by atoms with Crippen molar-refractivity contribution >= 4 is 29.5 Å². The van der Waals surface area contributed by atoms with Crippen molar-refractivity contribution < 1.29 is 84.5 Å². The highest BCUT2D eigenvalue weighted by molar-refractivity contribution is 6.32. The number of ketones is 1. The number of rotatable bonds is 16. The van der Waals surface area contributed by atoms with Gasteiger partial charge in [0.15, 0.2) is 0 Å². The average Bonchev–Trinajstić information content (AvgIpc) is 2.89. The van der Waals surface area contributed by atoms with Crippen molar-refractivity contribution in [1.82, 2.24) is 10.6 Å². The summed E-state index contributed by atoms with van der Waals surface area (Å²) in [5.41, 5.74) is 0. The maximum Gasteiger partial charge on any atom is 0.372 e. The number of hydrogen-bond donors (Lipinski definition) is 12. The van der Waals surface area contributed by atoms with Gasteiger partial charge in [-0.25, -0.2) is 9.59 Å². The van der Waals surface area contributed by atoms with Gasteiger partial charge in [0.2, 0.25) is 17.6 Å². The normalized spacial score (nSPS) is 27.8. The van der Waals surface area contributed by atoms with E-state index in [2.05, 4.69) is 5.32 Å². The van der Waals surface area contributed by atoms with Crippen LogP contribution in [0.4, 0.5) is 0 Å². The van der Waals surface area contributed by atoms with E-state index in [1.807, 2.05) is 5.32 Å². The van der Waals surface area contributed by atoms with E-state index in [0.29, 0.717) is 0 Å². The van der Waals surface area contributed by atoms with Crippen LogP contribution in [-0.2, 0) is 33.4 Å². The Morgan fingerprint density at radius 2 is 1.51 bits per heavy atom. The summed E-state index contributed by atoms with van der Waals surface area (Å²) in [5.74, 6) is -10.2. The molecule has 1 saturated heterocycles. The minimum Gasteiger partial charge on any atom is -0.477 e. The second-order valence-corrected chi connectivity index (χ2v) is 9.42. The number of carbonyl (C=O) groups is 5. The second kappa shape index (κ2) is 15.4. The number of carboxylic acids is 2. The van der Waals surface area contributed by atoms with E-state index in [1.165, 1.54) is 0 Å². The summed E-state index contributed by atoms with van der Waals surface area (Å²) < 4.78 is 10.6. The highest BCUT2D eigenvalue weighted by Gasteiger charge is 2.57. The van der Waals surface area contributed by atoms with Gasteiger partial charge >= 0.3 is 11.9 Å². The predicted molar refractivity (Wildman–Crippen MR) is 127 cm³/mol. The van der Waals surface area contributed by atoms with Crippen LogP contribution in [0.1, 0.15) is 26.7 Å². The lowest BCUT2D eigenvalue weighted by Crippen LogP contribution is -2.69. The van der Waals surface area contributed by atoms with Crippen molar-refractivity contribution in [2.75, 3.05) is 13.2 Å². The molecule has 0 aliphatic carbocycles. The van der Waals surface area contributed by atoms with Gasteiger partial charge in [0.1, 0.15) is 36.6 Å². The van der Waals surface area contributed by atoms with E-state index < -0.39 is 122 Å². The third-order valence-corrected chi connectivity index (χ3v) is 6.22. The third-order valence-electron chi connectivity index (χ3n) is 6.22. The van der Waals surface area contributed by atoms with Crippen LogP contribution in [0.3, 0.4) is 0 Å². The van der Waals surface area contributed by atoms with E-state index in [-0.39, 0.29) is 0 Å². The lowest BCUT2D eigenvalue weighted by molar-refractivity contribution is -0.333. The molecule has 41 heavy (non-hydrogen) atoms. The Hall–Kier alpha value is -2.85. The van der Waals surface area contributed by atoms with Gasteiger partial charge in [0, 0.05) is 26.7 Å². The van der Waals surface area contributed by atoms with Gasteiger partial charge in [-0.05, 0) is 0 Å². The SMILES string of the molecule is CC(=O)N[C@@H]([C@@H](O)[C@H](O)[C@@H](CO)OC1(C(=O)O)C[C@H](O)[C@@H](NC(C)=O)C([C@H](O)[C@H](O)CO)O1)[C@@H](O)CC(=O)C(=O)O. The fourth-order valence-corrected chi connectivity index (χ4v) is 4.19. The van der Waals surface area contributed by atoms with Gasteiger partial charge in [0.25, 0.3) is 5.79 Å². The smallest absolute Gasteiger partial charge is 0.372 e. The molecule has 1 rings (SSSR count). The number of aliphatic carboxylic acids is 2. The number of hydrogen-bond acceptors (Lipinski definition) is 15. The largest absolute Gasteiger partial charge is 0.477 e. The van der Waals surface area contributed by atoms with Crippen molar-refractivity contribution in [1.29, 1.82) is 0 Å². The molecule has 0 saturated carbocycles. The molecule has 1 aliphatic rings. The molecule has 1 aliphatic heterocycles. The lowest BCUT2D eigenvalue weighted by Gasteiger charge is -2.48. The summed E-state index contributed by atoms with van der Waals surface area (Å²) >= 11 is 0. The number of amides is 2. The van der Waals surface area contributed by atoms with Gasteiger partial charge in [-0.1, -0.05) is 0 Å². The molecule has 19 heteroatoms. The Labute approximate surface area is 231 Å². The molecule has 0 aromatic heterocycles. The lowest BCUT2D eigenvalue weighted by atomic mass is 9.88. The van der Waals surface area contributed by atoms with Crippen LogP contribution in [0.5, 0.6) is 0 Å². The van der Waals surface area contributed by atoms with Gasteiger partial charge < -0.3 is 71.2 Å². The van der Waals surface area contributed by atoms with Gasteiger partial charge in [-0.2, -0.15) is 0 Å². The zero-order valence-corrected chi connectivity index (χ0v) is 21.9. The van der Waals surface area contributed by atoms with Crippen LogP contribution in [0.2, 0.25) is 0 Å². The van der Waals surface area contributed by atoms with Crippen LogP contribution in [0, 0.1) is 0 Å². The zero-order valence-electron chi connectivity index (χ0n) is 21.9. The van der Waals surface area contributed by atoms with Crippen molar-refractivity contribution in [2.45, 2.75) is 93.4 Å². The Morgan fingerprint density at radius 1 is 0.927 bits per heavy atom. The number of aliphatic hydroxyl groups is 8. The second-order valence-electron chi connectivity index (χ2n) is 9.42. The number of nitrogens with one attached hydrogen (secondary N) is 2. The quantitative estimate of drug-likeness (QED) is 0.0732. The molecule has 236 valence electrons. The molecule has 1 heterocycles. The summed E-state index contributed by atoms with van der Waals surface area (Å²) in [4.78, 5) is 57.9. The van der Waals surface area contributed by atoms with Crippen LogP contribution in [-0.4, -0.2) is 161 Å². The number of carbonyl (C=O) groups excluding carboxylic acids is 3. The van der Waals surface area contributed by atoms with E-state index in [1.54, 1.807) is 0 Å². The van der Waals surface area contributed by atoms with E-state index >= 15 is 0 Å². The van der Waals surface area contributed by atoms with Crippen LogP contribution >= 0.6 is 0 Å². The number of ether oxygens (including phenoxy) is 2. The summed E-state index contributed by atoms with van der Waals surface area (Å²) in [5, 5.41) is 105. The monoisotopic (exact) mass is 600 g/mol. The van der Waals surface area contributed by atoms with E-state index in [4.69, 9.17) is 14.6 Å². The molecule has 0 aromatic rings. The number of aliphatic hydroxyl groups excluding tert-OH is 8. The highest BCUT2D eigenvalue weighted by Crippen LogP contribution is 2.35. The van der Waals surface area contributed by atoms with Crippen LogP contribution < -0.4 is 10.6 Å². The zero-order chi connectivity index (χ0) is 31.8. The summed E-state index contributed by atoms with van der Waals surface area (Å²) in [6.45, 7) is -0.429. The highest BCUT2D eigenvalue weighted by atomic mass is 16.7. The van der Waals surface area contributed by atoms with E-state index in [9.17, 15) is 69.9 Å². The first kappa shape index (κ1) is 36.2. The first-order valence-electron chi connectivity index (χ1n) is 12.1.